The second-order valence-electron chi connectivity index (χ2n) is 4.33. The molecule has 1 atom stereocenters. The van der Waals surface area contributed by atoms with Crippen LogP contribution in [0.2, 0.25) is 0 Å². The molecule has 2 aliphatic rings. The number of nitrogens with one attached hydrogen (secondary N) is 1. The van der Waals surface area contributed by atoms with Crippen molar-refractivity contribution in [3.05, 3.63) is 23.3 Å². The van der Waals surface area contributed by atoms with E-state index in [1.165, 1.54) is 6.07 Å². The standard InChI is InChI=1S/C12H13F2NO2/c13-12(14)8-3-9(7-1-2-15-5-7)11-10(4-8)16-6-17-11/h3-4,7,12,15H,1-2,5-6H2. The van der Waals surface area contributed by atoms with Crippen molar-refractivity contribution in [1.82, 2.24) is 5.32 Å². The molecule has 0 amide bonds. The minimum atomic E-state index is -2.47. The predicted molar refractivity (Wildman–Crippen MR) is 57.7 cm³/mol. The third kappa shape index (κ3) is 1.84. The minimum Gasteiger partial charge on any atom is -0.454 e. The zero-order valence-electron chi connectivity index (χ0n) is 9.21. The van der Waals surface area contributed by atoms with Gasteiger partial charge in [0.05, 0.1) is 0 Å². The zero-order chi connectivity index (χ0) is 11.8. The first-order valence-corrected chi connectivity index (χ1v) is 5.68. The molecule has 1 saturated heterocycles. The Kier molecular flexibility index (Phi) is 2.63. The summed E-state index contributed by atoms with van der Waals surface area (Å²) in [5.74, 6) is 1.33. The molecule has 0 saturated carbocycles. The van der Waals surface area contributed by atoms with Gasteiger partial charge in [-0.2, -0.15) is 0 Å². The molecule has 3 rings (SSSR count). The molecule has 1 unspecified atom stereocenters. The van der Waals surface area contributed by atoms with Gasteiger partial charge < -0.3 is 14.8 Å². The summed E-state index contributed by atoms with van der Waals surface area (Å²) in [6.07, 6.45) is -1.53. The quantitative estimate of drug-likeness (QED) is 0.862. The monoisotopic (exact) mass is 241 g/mol. The number of halogens is 2. The lowest BCUT2D eigenvalue weighted by atomic mass is 9.95. The maximum absolute atomic E-state index is 12.8. The maximum atomic E-state index is 12.8. The van der Waals surface area contributed by atoms with Gasteiger partial charge in [0.1, 0.15) is 0 Å². The van der Waals surface area contributed by atoms with Crippen molar-refractivity contribution in [1.29, 1.82) is 0 Å². The zero-order valence-corrected chi connectivity index (χ0v) is 9.21. The van der Waals surface area contributed by atoms with Crippen molar-refractivity contribution in [2.45, 2.75) is 18.8 Å². The average Bonchev–Trinajstić information content (AvgIpc) is 2.98. The van der Waals surface area contributed by atoms with Gasteiger partial charge in [-0.25, -0.2) is 8.78 Å². The lowest BCUT2D eigenvalue weighted by molar-refractivity contribution is 0.150. The molecule has 92 valence electrons. The van der Waals surface area contributed by atoms with Gasteiger partial charge in [-0.15, -0.1) is 0 Å². The summed E-state index contributed by atoms with van der Waals surface area (Å²) in [6.45, 7) is 1.84. The van der Waals surface area contributed by atoms with Crippen LogP contribution in [-0.2, 0) is 0 Å². The van der Waals surface area contributed by atoms with Gasteiger partial charge in [0.25, 0.3) is 6.43 Å². The number of rotatable bonds is 2. The van der Waals surface area contributed by atoms with Crippen LogP contribution in [0.5, 0.6) is 11.5 Å². The first kappa shape index (κ1) is 10.8. The predicted octanol–water partition coefficient (Wildman–Crippen LogP) is 2.43. The van der Waals surface area contributed by atoms with Crippen LogP contribution in [0.4, 0.5) is 8.78 Å². The Labute approximate surface area is 97.7 Å². The van der Waals surface area contributed by atoms with Crippen molar-refractivity contribution in [3.8, 4) is 11.5 Å². The van der Waals surface area contributed by atoms with E-state index in [1.807, 2.05) is 0 Å². The highest BCUT2D eigenvalue weighted by Crippen LogP contribution is 2.43. The Balaban J connectivity index is 2.05. The summed E-state index contributed by atoms with van der Waals surface area (Å²) in [5.41, 5.74) is 0.858. The van der Waals surface area contributed by atoms with Crippen molar-refractivity contribution in [2.24, 2.45) is 0 Å². The molecular formula is C12H13F2NO2. The molecule has 1 aromatic carbocycles. The Morgan fingerprint density at radius 3 is 2.88 bits per heavy atom. The fraction of sp³-hybridized carbons (Fsp3) is 0.500. The van der Waals surface area contributed by atoms with Crippen molar-refractivity contribution >= 4 is 0 Å². The summed E-state index contributed by atoms with van der Waals surface area (Å²) in [5, 5.41) is 3.23. The molecule has 0 aromatic heterocycles. The fourth-order valence-corrected chi connectivity index (χ4v) is 2.41. The molecule has 0 bridgehead atoms. The van der Waals surface area contributed by atoms with Crippen LogP contribution in [0.25, 0.3) is 0 Å². The summed E-state index contributed by atoms with van der Waals surface area (Å²) in [6, 6.07) is 2.93. The molecule has 1 aromatic rings. The van der Waals surface area contributed by atoms with Crippen LogP contribution in [0.3, 0.4) is 0 Å². The number of ether oxygens (including phenoxy) is 2. The largest absolute Gasteiger partial charge is 0.454 e. The van der Waals surface area contributed by atoms with Crippen LogP contribution in [0.15, 0.2) is 12.1 Å². The Morgan fingerprint density at radius 2 is 2.18 bits per heavy atom. The van der Waals surface area contributed by atoms with E-state index in [1.54, 1.807) is 6.07 Å². The smallest absolute Gasteiger partial charge is 0.263 e. The molecule has 5 heteroatoms. The molecular weight excluding hydrogens is 228 g/mol. The first-order valence-electron chi connectivity index (χ1n) is 5.68. The molecule has 2 heterocycles. The number of fused-ring (bicyclic) bond motifs is 1. The van der Waals surface area contributed by atoms with Crippen LogP contribution >= 0.6 is 0 Å². The summed E-state index contributed by atoms with van der Waals surface area (Å²) >= 11 is 0. The normalized spacial score (nSPS) is 22.4. The van der Waals surface area contributed by atoms with Gasteiger partial charge in [0.2, 0.25) is 6.79 Å². The molecule has 17 heavy (non-hydrogen) atoms. The molecule has 2 aliphatic heterocycles. The van der Waals surface area contributed by atoms with E-state index in [4.69, 9.17) is 9.47 Å². The third-order valence-corrected chi connectivity index (χ3v) is 3.28. The second-order valence-corrected chi connectivity index (χ2v) is 4.33. The molecule has 0 aliphatic carbocycles. The van der Waals surface area contributed by atoms with E-state index < -0.39 is 6.43 Å². The van der Waals surface area contributed by atoms with E-state index in [2.05, 4.69) is 5.32 Å². The first-order chi connectivity index (χ1) is 8.25. The van der Waals surface area contributed by atoms with Gasteiger partial charge in [-0.1, -0.05) is 0 Å². The Hall–Kier alpha value is -1.36. The highest BCUT2D eigenvalue weighted by molar-refractivity contribution is 5.53. The fourth-order valence-electron chi connectivity index (χ4n) is 2.41. The van der Waals surface area contributed by atoms with E-state index in [9.17, 15) is 8.78 Å². The topological polar surface area (TPSA) is 30.5 Å². The highest BCUT2D eigenvalue weighted by Gasteiger charge is 2.28. The minimum absolute atomic E-state index is 0.0103. The third-order valence-electron chi connectivity index (χ3n) is 3.28. The number of benzene rings is 1. The van der Waals surface area contributed by atoms with Gasteiger partial charge in [0, 0.05) is 23.6 Å². The molecule has 1 N–H and O–H groups in total. The van der Waals surface area contributed by atoms with E-state index in [0.717, 1.165) is 25.1 Å². The Bertz CT molecular complexity index is 431. The van der Waals surface area contributed by atoms with E-state index >= 15 is 0 Å². The van der Waals surface area contributed by atoms with Crippen LogP contribution in [-0.4, -0.2) is 19.9 Å². The van der Waals surface area contributed by atoms with Gasteiger partial charge in [-0.3, -0.25) is 0 Å². The lowest BCUT2D eigenvalue weighted by Gasteiger charge is -2.13. The van der Waals surface area contributed by atoms with Crippen LogP contribution in [0, 0.1) is 0 Å². The van der Waals surface area contributed by atoms with Gasteiger partial charge >= 0.3 is 0 Å². The van der Waals surface area contributed by atoms with Crippen molar-refractivity contribution < 1.29 is 18.3 Å². The lowest BCUT2D eigenvalue weighted by Crippen LogP contribution is -2.08. The van der Waals surface area contributed by atoms with Crippen molar-refractivity contribution in [2.75, 3.05) is 19.9 Å². The maximum Gasteiger partial charge on any atom is 0.263 e. The molecule has 0 radical (unpaired) electrons. The van der Waals surface area contributed by atoms with E-state index in [-0.39, 0.29) is 18.3 Å². The van der Waals surface area contributed by atoms with Crippen LogP contribution in [0.1, 0.15) is 29.9 Å². The van der Waals surface area contributed by atoms with E-state index in [0.29, 0.717) is 11.5 Å². The average molecular weight is 241 g/mol. The van der Waals surface area contributed by atoms with Gasteiger partial charge in [0.15, 0.2) is 11.5 Å². The SMILES string of the molecule is FC(F)c1cc2c(c(C3CCNC3)c1)OCO2. The molecule has 0 spiro atoms. The molecule has 1 fully saturated rings. The highest BCUT2D eigenvalue weighted by atomic mass is 19.3. The summed E-state index contributed by atoms with van der Waals surface area (Å²) in [4.78, 5) is 0. The van der Waals surface area contributed by atoms with Crippen molar-refractivity contribution in [3.63, 3.8) is 0 Å². The number of hydrogen-bond acceptors (Lipinski definition) is 3. The second kappa shape index (κ2) is 4.14. The summed E-state index contributed by atoms with van der Waals surface area (Å²) in [7, 11) is 0. The van der Waals surface area contributed by atoms with Gasteiger partial charge in [-0.05, 0) is 25.1 Å². The number of alkyl halides is 2. The summed E-state index contributed by atoms with van der Waals surface area (Å²) < 4.78 is 36.2. The number of hydrogen-bond donors (Lipinski definition) is 1. The molecule has 3 nitrogen and oxygen atoms in total. The Morgan fingerprint density at radius 1 is 1.29 bits per heavy atom. The van der Waals surface area contributed by atoms with Crippen LogP contribution < -0.4 is 14.8 Å².